The van der Waals surface area contributed by atoms with E-state index in [0.717, 1.165) is 10.6 Å². The SMILES string of the molecule is O=C1c2ccc([PH](c3ccccc3)(c3ccccc3)c3ccccc3)cc2C(=O)N1c1cccc([PH](c2ccccc2)(c2ccccc2)c2ccccc2)c1. The van der Waals surface area contributed by atoms with Crippen LogP contribution in [0.1, 0.15) is 20.7 Å². The fraction of sp³-hybridized carbons (Fsp3) is 0. The Morgan fingerprint density at radius 2 is 0.582 bits per heavy atom. The number of fused-ring (bicyclic) bond motifs is 1. The van der Waals surface area contributed by atoms with E-state index < -0.39 is 14.5 Å². The van der Waals surface area contributed by atoms with Crippen LogP contribution in [0.5, 0.6) is 0 Å². The van der Waals surface area contributed by atoms with Crippen LogP contribution in [0.15, 0.2) is 224 Å². The summed E-state index contributed by atoms with van der Waals surface area (Å²) < 4.78 is 0. The van der Waals surface area contributed by atoms with Crippen molar-refractivity contribution in [3.8, 4) is 0 Å². The molecule has 8 aromatic rings. The third-order valence-corrected chi connectivity index (χ3v) is 20.6. The Balaban J connectivity index is 1.21. The maximum atomic E-state index is 14.8. The third-order valence-electron chi connectivity index (χ3n) is 11.1. The molecule has 0 unspecified atom stereocenters. The number of carbonyl (C=O) groups excluding carboxylic acids is 2. The topological polar surface area (TPSA) is 37.4 Å². The molecular weight excluding hydrogens is 709 g/mol. The molecule has 0 aliphatic carbocycles. The summed E-state index contributed by atoms with van der Waals surface area (Å²) in [4.78, 5) is 30.7. The van der Waals surface area contributed by atoms with Crippen LogP contribution in [0.25, 0.3) is 0 Å². The summed E-state index contributed by atoms with van der Waals surface area (Å²) in [5.74, 6) is -0.607. The van der Waals surface area contributed by atoms with Crippen molar-refractivity contribution in [1.29, 1.82) is 0 Å². The second-order valence-corrected chi connectivity index (χ2v) is 21.6. The van der Waals surface area contributed by atoms with Gasteiger partial charge in [-0.25, -0.2) is 0 Å². The molecule has 55 heavy (non-hydrogen) atoms. The first-order valence-electron chi connectivity index (χ1n) is 18.6. The predicted octanol–water partition coefficient (Wildman–Crippen LogP) is 7.19. The quantitative estimate of drug-likeness (QED) is 0.116. The van der Waals surface area contributed by atoms with Crippen LogP contribution in [0.2, 0.25) is 0 Å². The third kappa shape index (κ3) is 5.67. The van der Waals surface area contributed by atoms with E-state index in [4.69, 9.17) is 0 Å². The number of hydrogen-bond acceptors (Lipinski definition) is 2. The van der Waals surface area contributed by atoms with Gasteiger partial charge in [-0.2, -0.15) is 0 Å². The molecule has 0 saturated heterocycles. The molecule has 2 amide bonds. The van der Waals surface area contributed by atoms with Gasteiger partial charge in [-0.05, 0) is 0 Å². The van der Waals surface area contributed by atoms with Gasteiger partial charge < -0.3 is 0 Å². The van der Waals surface area contributed by atoms with E-state index in [-0.39, 0.29) is 11.8 Å². The van der Waals surface area contributed by atoms with Gasteiger partial charge in [0.1, 0.15) is 0 Å². The Kier molecular flexibility index (Phi) is 9.12. The van der Waals surface area contributed by atoms with Gasteiger partial charge in [0.25, 0.3) is 0 Å². The van der Waals surface area contributed by atoms with E-state index >= 15 is 0 Å². The van der Waals surface area contributed by atoms with E-state index in [2.05, 4.69) is 164 Å². The van der Waals surface area contributed by atoms with Crippen LogP contribution in [0.4, 0.5) is 5.69 Å². The van der Waals surface area contributed by atoms with Crippen LogP contribution in [-0.2, 0) is 0 Å². The van der Waals surface area contributed by atoms with Gasteiger partial charge in [0.05, 0.1) is 0 Å². The van der Waals surface area contributed by atoms with Crippen LogP contribution in [-0.4, -0.2) is 11.8 Å². The molecule has 1 heterocycles. The van der Waals surface area contributed by atoms with Crippen LogP contribution in [0, 0.1) is 0 Å². The Labute approximate surface area is 323 Å². The number of rotatable bonds is 9. The molecule has 3 nitrogen and oxygen atoms in total. The van der Waals surface area contributed by atoms with Crippen molar-refractivity contribution in [2.45, 2.75) is 0 Å². The molecule has 0 atom stereocenters. The normalized spacial score (nSPS) is 13.3. The van der Waals surface area contributed by atoms with E-state index in [1.54, 1.807) is 0 Å². The zero-order chi connectivity index (χ0) is 37.2. The number of nitrogens with zero attached hydrogens (tertiary/aromatic N) is 1. The number of hydrogen-bond donors (Lipinski definition) is 0. The van der Waals surface area contributed by atoms with Crippen LogP contribution < -0.4 is 47.3 Å². The minimum atomic E-state index is -2.92. The number of amides is 2. The monoisotopic (exact) mass is 747 g/mol. The molecule has 1 aliphatic heterocycles. The maximum absolute atomic E-state index is 14.8. The van der Waals surface area contributed by atoms with Crippen LogP contribution in [0.3, 0.4) is 0 Å². The molecule has 9 rings (SSSR count). The average molecular weight is 748 g/mol. The molecular formula is C50H39NO2P2. The first-order valence-corrected chi connectivity index (χ1v) is 22.6. The van der Waals surface area contributed by atoms with Crippen molar-refractivity contribution in [2.75, 3.05) is 4.90 Å². The zero-order valence-electron chi connectivity index (χ0n) is 30.1. The van der Waals surface area contributed by atoms with Gasteiger partial charge in [-0.15, -0.1) is 0 Å². The summed E-state index contributed by atoms with van der Waals surface area (Å²) in [6.45, 7) is 0. The van der Waals surface area contributed by atoms with E-state index in [1.165, 1.54) is 36.7 Å². The molecule has 1 aliphatic rings. The summed E-state index contributed by atoms with van der Waals surface area (Å²) in [6, 6.07) is 78.0. The summed E-state index contributed by atoms with van der Waals surface area (Å²) >= 11 is 0. The Hall–Kier alpha value is -6.24. The van der Waals surface area contributed by atoms with Crippen molar-refractivity contribution in [1.82, 2.24) is 0 Å². The average Bonchev–Trinajstić information content (AvgIpc) is 3.52. The fourth-order valence-electron chi connectivity index (χ4n) is 8.72. The first kappa shape index (κ1) is 34.5. The molecule has 5 heteroatoms. The van der Waals surface area contributed by atoms with Gasteiger partial charge in [0.15, 0.2) is 0 Å². The Morgan fingerprint density at radius 1 is 0.273 bits per heavy atom. The standard InChI is InChI=1S/C50H39NO2P2/c52-49-47-35-34-46(55(42-27-13-4-14-28-42,43-29-15-5-16-30-43)44-31-17-6-18-32-44)37-48(47)50(53)51(49)38-20-19-33-45(36-38)54(39-21-7-1-8-22-39,40-23-9-2-10-24-40)41-25-11-3-12-26-41/h1-37,54-55H. The first-order chi connectivity index (χ1) is 27.1. The summed E-state index contributed by atoms with van der Waals surface area (Å²) in [5.41, 5.74) is 1.43. The number of benzene rings is 8. The van der Waals surface area contributed by atoms with E-state index in [0.29, 0.717) is 16.8 Å². The van der Waals surface area contributed by atoms with E-state index in [9.17, 15) is 9.59 Å². The van der Waals surface area contributed by atoms with Crippen molar-refractivity contribution in [2.24, 2.45) is 0 Å². The molecule has 0 radical (unpaired) electrons. The number of carbonyl (C=O) groups is 2. The number of anilines is 1. The van der Waals surface area contributed by atoms with E-state index in [1.807, 2.05) is 60.7 Å². The second kappa shape index (κ2) is 14.5. The van der Waals surface area contributed by atoms with Gasteiger partial charge >= 0.3 is 325 Å². The molecule has 0 spiro atoms. The second-order valence-electron chi connectivity index (χ2n) is 14.0. The van der Waals surface area contributed by atoms with Crippen molar-refractivity contribution in [3.63, 3.8) is 0 Å². The Bertz CT molecular complexity index is 2430. The van der Waals surface area contributed by atoms with Crippen LogP contribution >= 0.6 is 14.5 Å². The van der Waals surface area contributed by atoms with Gasteiger partial charge in [-0.3, -0.25) is 0 Å². The molecule has 0 bridgehead atoms. The molecule has 0 saturated carbocycles. The van der Waals surface area contributed by atoms with Crippen molar-refractivity contribution >= 4 is 74.5 Å². The van der Waals surface area contributed by atoms with Gasteiger partial charge in [0.2, 0.25) is 0 Å². The molecule has 0 aromatic heterocycles. The summed E-state index contributed by atoms with van der Waals surface area (Å²) in [7, 11) is -5.81. The summed E-state index contributed by atoms with van der Waals surface area (Å²) in [5, 5.41) is 9.43. The predicted molar refractivity (Wildman–Crippen MR) is 236 cm³/mol. The Morgan fingerprint density at radius 3 is 0.945 bits per heavy atom. The molecule has 266 valence electrons. The summed E-state index contributed by atoms with van der Waals surface area (Å²) in [6.07, 6.45) is 0. The van der Waals surface area contributed by atoms with Gasteiger partial charge in [-0.1, -0.05) is 0 Å². The minimum absolute atomic E-state index is 0.303. The molecule has 0 N–H and O–H groups in total. The molecule has 0 fully saturated rings. The number of imide groups is 1. The van der Waals surface area contributed by atoms with Crippen molar-refractivity contribution in [3.05, 3.63) is 236 Å². The van der Waals surface area contributed by atoms with Crippen molar-refractivity contribution < 1.29 is 9.59 Å². The zero-order valence-corrected chi connectivity index (χ0v) is 32.1. The fourth-order valence-corrected chi connectivity index (χ4v) is 18.3. The van der Waals surface area contributed by atoms with Gasteiger partial charge in [0, 0.05) is 0 Å². The molecule has 8 aromatic carbocycles.